The molecule has 3 rings (SSSR count). The summed E-state index contributed by atoms with van der Waals surface area (Å²) in [7, 11) is -5.21. The van der Waals surface area contributed by atoms with E-state index in [4.69, 9.17) is 24.0 Å². The van der Waals surface area contributed by atoms with E-state index in [0.717, 1.165) is 48.5 Å². The highest BCUT2D eigenvalue weighted by atomic mass is 31.2. The number of aliphatic hydroxyl groups is 1. The molecular formula is C22H19F6O9P. The largest absolute Gasteiger partial charge is 0.485 e. The van der Waals surface area contributed by atoms with Crippen LogP contribution in [0.25, 0.3) is 0 Å². The van der Waals surface area contributed by atoms with Crippen molar-refractivity contribution in [1.29, 1.82) is 0 Å². The Kier molecular flexibility index (Phi) is 8.79. The predicted molar refractivity (Wildman–Crippen MR) is 113 cm³/mol. The molecule has 3 N–H and O–H groups in total. The van der Waals surface area contributed by atoms with Crippen LogP contribution in [-0.2, 0) is 53.7 Å². The summed E-state index contributed by atoms with van der Waals surface area (Å²) >= 11 is 0. The Labute approximate surface area is 210 Å². The molecule has 1 heterocycles. The number of ether oxygens (including phenoxy) is 3. The number of hydrogen-bond donors (Lipinski definition) is 3. The number of esters is 1. The van der Waals surface area contributed by atoms with E-state index in [1.54, 1.807) is 0 Å². The van der Waals surface area contributed by atoms with Crippen LogP contribution in [0.15, 0.2) is 60.0 Å². The topological polar surface area (TPSA) is 132 Å². The van der Waals surface area contributed by atoms with Gasteiger partial charge < -0.3 is 29.1 Å². The minimum absolute atomic E-state index is 0.183. The van der Waals surface area contributed by atoms with Crippen LogP contribution in [0.1, 0.15) is 22.3 Å². The van der Waals surface area contributed by atoms with Gasteiger partial charge in [-0.15, -0.1) is 0 Å². The number of carbonyl (C=O) groups excluding carboxylic acids is 1. The first kappa shape index (κ1) is 29.5. The van der Waals surface area contributed by atoms with Crippen LogP contribution in [0, 0.1) is 0 Å². The number of phosphoric ester groups is 1. The van der Waals surface area contributed by atoms with Gasteiger partial charge in [0, 0.05) is 0 Å². The van der Waals surface area contributed by atoms with Crippen LogP contribution < -0.4 is 0 Å². The number of carbonyl (C=O) groups is 1. The molecule has 2 aromatic rings. The number of alkyl halides is 6. The number of halogens is 6. The van der Waals surface area contributed by atoms with Crippen molar-refractivity contribution in [3.63, 3.8) is 0 Å². The third kappa shape index (κ3) is 7.71. The molecule has 0 aliphatic carbocycles. The van der Waals surface area contributed by atoms with Gasteiger partial charge in [0.05, 0.1) is 17.7 Å². The number of hydrogen-bond acceptors (Lipinski definition) is 7. The van der Waals surface area contributed by atoms with E-state index in [-0.39, 0.29) is 11.1 Å². The summed E-state index contributed by atoms with van der Waals surface area (Å²) < 4.78 is 108. The standard InChI is InChI=1S/C22H19F6O9P/c23-21(24,25)14-5-1-12(2-6-14)10-34-18-17(16(9-29)37-38(31,32)33)36-20(30)19(18)35-11-13-3-7-15(8-4-13)22(26,27)28/h1-8,16-17,29H,9-11H2,(H2,31,32,33)/t16-,17+/m0/s1. The normalized spacial score (nSPS) is 17.4. The van der Waals surface area contributed by atoms with Gasteiger partial charge in [0.15, 0.2) is 11.9 Å². The molecule has 0 unspecified atom stereocenters. The first-order valence-corrected chi connectivity index (χ1v) is 12.0. The zero-order valence-corrected chi connectivity index (χ0v) is 19.8. The van der Waals surface area contributed by atoms with Gasteiger partial charge in [-0.25, -0.2) is 9.36 Å². The Bertz CT molecular complexity index is 1200. The van der Waals surface area contributed by atoms with Crippen LogP contribution in [0.3, 0.4) is 0 Å². The average molecular weight is 572 g/mol. The fraction of sp³-hybridized carbons (Fsp3) is 0.318. The van der Waals surface area contributed by atoms with E-state index < -0.39 is 80.8 Å². The third-order valence-electron chi connectivity index (χ3n) is 5.03. The zero-order chi connectivity index (χ0) is 28.3. The Hall–Kier alpha value is -3.10. The SMILES string of the molecule is O=C1O[C@H]([C@H](CO)OP(=O)(O)O)C(OCc2ccc(C(F)(F)F)cc2)=C1OCc1ccc(C(F)(F)F)cc1. The average Bonchev–Trinajstić information content (AvgIpc) is 3.13. The zero-order valence-electron chi connectivity index (χ0n) is 18.9. The Morgan fingerprint density at radius 2 is 1.29 bits per heavy atom. The monoisotopic (exact) mass is 572 g/mol. The molecule has 0 spiro atoms. The number of cyclic esters (lactones) is 1. The van der Waals surface area contributed by atoms with Crippen molar-refractivity contribution in [2.75, 3.05) is 6.61 Å². The second kappa shape index (κ2) is 11.3. The molecule has 1 aliphatic rings. The van der Waals surface area contributed by atoms with Gasteiger partial charge in [-0.1, -0.05) is 24.3 Å². The summed E-state index contributed by atoms with van der Waals surface area (Å²) in [6.45, 7) is -2.00. The molecule has 208 valence electrons. The maximum Gasteiger partial charge on any atom is 0.470 e. The molecule has 0 saturated carbocycles. The highest BCUT2D eigenvalue weighted by molar-refractivity contribution is 7.46. The van der Waals surface area contributed by atoms with Crippen LogP contribution >= 0.6 is 7.82 Å². The summed E-state index contributed by atoms with van der Waals surface area (Å²) in [5.41, 5.74) is -1.49. The lowest BCUT2D eigenvalue weighted by molar-refractivity contribution is -0.148. The molecule has 0 fully saturated rings. The molecule has 38 heavy (non-hydrogen) atoms. The number of benzene rings is 2. The second-order valence-electron chi connectivity index (χ2n) is 7.80. The highest BCUT2D eigenvalue weighted by Gasteiger charge is 2.45. The molecule has 1 aliphatic heterocycles. The quantitative estimate of drug-likeness (QED) is 0.219. The molecule has 9 nitrogen and oxygen atoms in total. The summed E-state index contributed by atoms with van der Waals surface area (Å²) in [5, 5.41) is 9.55. The first-order chi connectivity index (χ1) is 17.6. The van der Waals surface area contributed by atoms with Crippen LogP contribution in [0.4, 0.5) is 26.3 Å². The van der Waals surface area contributed by atoms with Gasteiger partial charge in [-0.2, -0.15) is 26.3 Å². The van der Waals surface area contributed by atoms with E-state index >= 15 is 0 Å². The van der Waals surface area contributed by atoms with Crippen LogP contribution in [0.5, 0.6) is 0 Å². The van der Waals surface area contributed by atoms with Gasteiger partial charge in [0.1, 0.15) is 19.3 Å². The summed E-state index contributed by atoms with van der Waals surface area (Å²) in [6.07, 6.45) is -12.7. The fourth-order valence-corrected chi connectivity index (χ4v) is 3.76. The fourth-order valence-electron chi connectivity index (χ4n) is 3.23. The summed E-state index contributed by atoms with van der Waals surface area (Å²) in [6, 6.07) is 7.42. The lowest BCUT2D eigenvalue weighted by Gasteiger charge is -2.23. The van der Waals surface area contributed by atoms with Crippen molar-refractivity contribution < 1.29 is 69.3 Å². The smallest absolute Gasteiger partial charge is 0.470 e. The van der Waals surface area contributed by atoms with Crippen molar-refractivity contribution in [3.8, 4) is 0 Å². The Morgan fingerprint density at radius 3 is 1.68 bits per heavy atom. The van der Waals surface area contributed by atoms with E-state index in [0.29, 0.717) is 0 Å². The minimum Gasteiger partial charge on any atom is -0.485 e. The van der Waals surface area contributed by atoms with Crippen LogP contribution in [0.2, 0.25) is 0 Å². The highest BCUT2D eigenvalue weighted by Crippen LogP contribution is 2.41. The molecule has 0 saturated heterocycles. The van der Waals surface area contributed by atoms with Gasteiger partial charge in [-0.3, -0.25) is 4.52 Å². The maximum atomic E-state index is 12.8. The lowest BCUT2D eigenvalue weighted by atomic mass is 10.1. The molecule has 2 atom stereocenters. The predicted octanol–water partition coefficient (Wildman–Crippen LogP) is 4.06. The van der Waals surface area contributed by atoms with Gasteiger partial charge in [0.25, 0.3) is 0 Å². The van der Waals surface area contributed by atoms with Crippen molar-refractivity contribution in [2.24, 2.45) is 0 Å². The lowest BCUT2D eigenvalue weighted by Crippen LogP contribution is -2.34. The van der Waals surface area contributed by atoms with Gasteiger partial charge in [-0.05, 0) is 35.4 Å². The van der Waals surface area contributed by atoms with Crippen molar-refractivity contribution in [3.05, 3.63) is 82.3 Å². The Balaban J connectivity index is 1.86. The van der Waals surface area contributed by atoms with E-state index in [1.165, 1.54) is 0 Å². The maximum absolute atomic E-state index is 12.8. The molecule has 0 radical (unpaired) electrons. The second-order valence-corrected chi connectivity index (χ2v) is 8.99. The summed E-state index contributed by atoms with van der Waals surface area (Å²) in [4.78, 5) is 30.7. The van der Waals surface area contributed by atoms with E-state index in [9.17, 15) is 40.8 Å². The van der Waals surface area contributed by atoms with Crippen LogP contribution in [-0.4, -0.2) is 39.7 Å². The minimum atomic E-state index is -5.21. The third-order valence-corrected chi connectivity index (χ3v) is 5.58. The molecule has 2 aromatic carbocycles. The molecule has 0 amide bonds. The molecule has 16 heteroatoms. The molecule has 0 bridgehead atoms. The number of phosphoric acid groups is 1. The van der Waals surface area contributed by atoms with Crippen molar-refractivity contribution in [2.45, 2.75) is 37.8 Å². The van der Waals surface area contributed by atoms with Gasteiger partial charge >= 0.3 is 26.1 Å². The number of aliphatic hydroxyl groups excluding tert-OH is 1. The van der Waals surface area contributed by atoms with E-state index in [1.807, 2.05) is 0 Å². The molecule has 0 aromatic heterocycles. The Morgan fingerprint density at radius 1 is 0.842 bits per heavy atom. The summed E-state index contributed by atoms with van der Waals surface area (Å²) in [5.74, 6) is -2.36. The molecular weight excluding hydrogens is 553 g/mol. The van der Waals surface area contributed by atoms with E-state index in [2.05, 4.69) is 4.52 Å². The first-order valence-electron chi connectivity index (χ1n) is 10.5. The number of rotatable bonds is 10. The van der Waals surface area contributed by atoms with Gasteiger partial charge in [0.2, 0.25) is 5.76 Å². The van der Waals surface area contributed by atoms with Crippen molar-refractivity contribution in [1.82, 2.24) is 0 Å². The van der Waals surface area contributed by atoms with Crippen molar-refractivity contribution >= 4 is 13.8 Å².